The molecule has 0 aliphatic carbocycles. The lowest BCUT2D eigenvalue weighted by atomic mass is 9.82. The third-order valence-electron chi connectivity index (χ3n) is 4.14. The summed E-state index contributed by atoms with van der Waals surface area (Å²) in [6, 6.07) is 4.44. The predicted molar refractivity (Wildman–Crippen MR) is 71.1 cm³/mol. The van der Waals surface area contributed by atoms with Crippen molar-refractivity contribution < 1.29 is 9.50 Å². The first-order chi connectivity index (χ1) is 8.39. The summed E-state index contributed by atoms with van der Waals surface area (Å²) in [5, 5.41) is 9.83. The molecule has 1 aliphatic rings. The highest BCUT2D eigenvalue weighted by Crippen LogP contribution is 2.35. The van der Waals surface area contributed by atoms with Crippen molar-refractivity contribution in [3.05, 3.63) is 29.6 Å². The molecular weight excluding hydrogens is 229 g/mol. The van der Waals surface area contributed by atoms with E-state index in [-0.39, 0.29) is 17.6 Å². The summed E-state index contributed by atoms with van der Waals surface area (Å²) in [5.41, 5.74) is 1.23. The van der Waals surface area contributed by atoms with Crippen LogP contribution in [0.3, 0.4) is 0 Å². The minimum atomic E-state index is -0.386. The van der Waals surface area contributed by atoms with Crippen molar-refractivity contribution in [2.45, 2.75) is 39.7 Å². The first-order valence-electron chi connectivity index (χ1n) is 6.61. The first-order valence-corrected chi connectivity index (χ1v) is 6.61. The van der Waals surface area contributed by atoms with Gasteiger partial charge in [0.1, 0.15) is 11.6 Å². The van der Waals surface area contributed by atoms with Crippen LogP contribution >= 0.6 is 0 Å². The molecule has 3 heteroatoms. The summed E-state index contributed by atoms with van der Waals surface area (Å²) in [7, 11) is 0. The van der Waals surface area contributed by atoms with E-state index in [2.05, 4.69) is 25.7 Å². The van der Waals surface area contributed by atoms with E-state index in [0.29, 0.717) is 5.41 Å². The van der Waals surface area contributed by atoms with Crippen LogP contribution in [0.4, 0.5) is 4.39 Å². The molecule has 1 aromatic rings. The fourth-order valence-corrected chi connectivity index (χ4v) is 2.58. The Balaban J connectivity index is 2.10. The maximum Gasteiger partial charge on any atom is 0.126 e. The highest BCUT2D eigenvalue weighted by atomic mass is 19.1. The summed E-state index contributed by atoms with van der Waals surface area (Å²) >= 11 is 0. The Kier molecular flexibility index (Phi) is 3.62. The number of benzene rings is 1. The largest absolute Gasteiger partial charge is 0.508 e. The number of hydrogen-bond donors (Lipinski definition) is 1. The molecule has 1 N–H and O–H groups in total. The van der Waals surface area contributed by atoms with Crippen molar-refractivity contribution in [2.24, 2.45) is 5.41 Å². The lowest BCUT2D eigenvalue weighted by molar-refractivity contribution is 0.0994. The number of halogens is 1. The Hall–Kier alpha value is -1.09. The van der Waals surface area contributed by atoms with Crippen LogP contribution < -0.4 is 0 Å². The lowest BCUT2D eigenvalue weighted by Gasteiger charge is -2.40. The molecule has 0 saturated carbocycles. The molecule has 18 heavy (non-hydrogen) atoms. The van der Waals surface area contributed by atoms with Crippen molar-refractivity contribution in [3.8, 4) is 5.75 Å². The molecule has 0 spiro atoms. The second-order valence-corrected chi connectivity index (χ2v) is 6.08. The Bertz CT molecular complexity index is 421. The number of phenols is 1. The van der Waals surface area contributed by atoms with Gasteiger partial charge in [-0.3, -0.25) is 4.90 Å². The van der Waals surface area contributed by atoms with E-state index < -0.39 is 0 Å². The molecule has 1 fully saturated rings. The van der Waals surface area contributed by atoms with Crippen molar-refractivity contribution in [1.29, 1.82) is 0 Å². The summed E-state index contributed by atoms with van der Waals surface area (Å²) in [6.45, 7) is 8.73. The summed E-state index contributed by atoms with van der Waals surface area (Å²) in [6.07, 6.45) is 2.33. The van der Waals surface area contributed by atoms with Crippen LogP contribution in [0.1, 0.15) is 45.2 Å². The molecule has 100 valence electrons. The van der Waals surface area contributed by atoms with Gasteiger partial charge in [0.15, 0.2) is 0 Å². The average molecular weight is 251 g/mol. The SMILES string of the molecule is CC(c1ccc(F)cc1O)N1CCC(C)(C)CC1. The smallest absolute Gasteiger partial charge is 0.126 e. The van der Waals surface area contributed by atoms with Crippen molar-refractivity contribution in [1.82, 2.24) is 4.90 Å². The van der Waals surface area contributed by atoms with Crippen LogP contribution in [0.2, 0.25) is 0 Å². The van der Waals surface area contributed by atoms with Gasteiger partial charge in [0.25, 0.3) is 0 Å². The lowest BCUT2D eigenvalue weighted by Crippen LogP contribution is -2.38. The van der Waals surface area contributed by atoms with Gasteiger partial charge in [-0.25, -0.2) is 4.39 Å². The number of likely N-dealkylation sites (tertiary alicyclic amines) is 1. The van der Waals surface area contributed by atoms with Gasteiger partial charge < -0.3 is 5.11 Å². The average Bonchev–Trinajstić information content (AvgIpc) is 2.28. The molecule has 1 heterocycles. The molecule has 2 rings (SSSR count). The molecule has 0 aromatic heterocycles. The van der Waals surface area contributed by atoms with Crippen molar-refractivity contribution >= 4 is 0 Å². The Morgan fingerprint density at radius 1 is 1.28 bits per heavy atom. The molecular formula is C15H22FNO. The van der Waals surface area contributed by atoms with Gasteiger partial charge >= 0.3 is 0 Å². The summed E-state index contributed by atoms with van der Waals surface area (Å²) in [5.74, 6) is -0.324. The molecule has 0 amide bonds. The van der Waals surface area contributed by atoms with E-state index in [1.54, 1.807) is 6.07 Å². The van der Waals surface area contributed by atoms with E-state index in [9.17, 15) is 9.50 Å². The molecule has 2 nitrogen and oxygen atoms in total. The van der Waals surface area contributed by atoms with Crippen molar-refractivity contribution in [3.63, 3.8) is 0 Å². The molecule has 0 bridgehead atoms. The van der Waals surface area contributed by atoms with E-state index >= 15 is 0 Å². The number of piperidine rings is 1. The van der Waals surface area contributed by atoms with Crippen LogP contribution in [0.5, 0.6) is 5.75 Å². The highest BCUT2D eigenvalue weighted by Gasteiger charge is 2.28. The maximum atomic E-state index is 13.0. The topological polar surface area (TPSA) is 23.5 Å². The van der Waals surface area contributed by atoms with Gasteiger partial charge in [-0.15, -0.1) is 0 Å². The number of hydrogen-bond acceptors (Lipinski definition) is 2. The number of rotatable bonds is 2. The van der Waals surface area contributed by atoms with Gasteiger partial charge in [0, 0.05) is 17.7 Å². The third kappa shape index (κ3) is 2.83. The Morgan fingerprint density at radius 3 is 2.44 bits per heavy atom. The van der Waals surface area contributed by atoms with Gasteiger partial charge in [-0.05, 0) is 44.3 Å². The monoisotopic (exact) mass is 251 g/mol. The minimum Gasteiger partial charge on any atom is -0.508 e. The third-order valence-corrected chi connectivity index (χ3v) is 4.14. The van der Waals surface area contributed by atoms with E-state index in [4.69, 9.17) is 0 Å². The zero-order valence-corrected chi connectivity index (χ0v) is 11.4. The number of aromatic hydroxyl groups is 1. The van der Waals surface area contributed by atoms with Crippen LogP contribution in [0.25, 0.3) is 0 Å². The zero-order chi connectivity index (χ0) is 13.3. The second kappa shape index (κ2) is 4.88. The maximum absolute atomic E-state index is 13.0. The molecule has 0 radical (unpaired) electrons. The molecule has 1 unspecified atom stereocenters. The minimum absolute atomic E-state index is 0.0623. The van der Waals surface area contributed by atoms with Gasteiger partial charge in [0.2, 0.25) is 0 Å². The van der Waals surface area contributed by atoms with Crippen LogP contribution in [-0.4, -0.2) is 23.1 Å². The first kappa shape index (κ1) is 13.3. The molecule has 1 atom stereocenters. The van der Waals surface area contributed by atoms with Gasteiger partial charge in [-0.2, -0.15) is 0 Å². The normalized spacial score (nSPS) is 21.8. The number of nitrogens with zero attached hydrogens (tertiary/aromatic N) is 1. The van der Waals surface area contributed by atoms with Gasteiger partial charge in [-0.1, -0.05) is 19.9 Å². The summed E-state index contributed by atoms with van der Waals surface area (Å²) < 4.78 is 13.0. The van der Waals surface area contributed by atoms with E-state index in [1.165, 1.54) is 25.0 Å². The molecule has 1 saturated heterocycles. The second-order valence-electron chi connectivity index (χ2n) is 6.08. The fourth-order valence-electron chi connectivity index (χ4n) is 2.58. The predicted octanol–water partition coefficient (Wildman–Crippen LogP) is 3.71. The van der Waals surface area contributed by atoms with E-state index in [0.717, 1.165) is 18.7 Å². The standard InChI is InChI=1S/C15H22FNO/c1-11(13-5-4-12(16)10-14(13)18)17-8-6-15(2,3)7-9-17/h4-5,10-11,18H,6-9H2,1-3H3. The molecule has 1 aromatic carbocycles. The van der Waals surface area contributed by atoms with Crippen LogP contribution in [-0.2, 0) is 0 Å². The Morgan fingerprint density at radius 2 is 1.89 bits per heavy atom. The number of phenolic OH excluding ortho intramolecular Hbond substituents is 1. The van der Waals surface area contributed by atoms with Crippen LogP contribution in [0.15, 0.2) is 18.2 Å². The Labute approximate surface area is 108 Å². The van der Waals surface area contributed by atoms with Crippen LogP contribution in [0, 0.1) is 11.2 Å². The van der Waals surface area contributed by atoms with Crippen molar-refractivity contribution in [2.75, 3.05) is 13.1 Å². The quantitative estimate of drug-likeness (QED) is 0.866. The molecule has 1 aliphatic heterocycles. The fraction of sp³-hybridized carbons (Fsp3) is 0.600. The zero-order valence-electron chi connectivity index (χ0n) is 11.4. The summed E-state index contributed by atoms with van der Waals surface area (Å²) in [4.78, 5) is 2.36. The highest BCUT2D eigenvalue weighted by molar-refractivity contribution is 5.35. The van der Waals surface area contributed by atoms with Gasteiger partial charge in [0.05, 0.1) is 0 Å². The van der Waals surface area contributed by atoms with E-state index in [1.807, 2.05) is 0 Å².